The minimum absolute atomic E-state index is 0.0690. The average molecular weight is 356 g/mol. The van der Waals surface area contributed by atoms with E-state index in [2.05, 4.69) is 15.7 Å². The number of esters is 1. The Morgan fingerprint density at radius 1 is 1.35 bits per heavy atom. The van der Waals surface area contributed by atoms with E-state index in [-0.39, 0.29) is 24.3 Å². The second-order valence-electron chi connectivity index (χ2n) is 6.40. The molecule has 1 amide bonds. The smallest absolute Gasteiger partial charge is 0.307 e. The lowest BCUT2D eigenvalue weighted by Gasteiger charge is -2.23. The molecule has 1 fully saturated rings. The van der Waals surface area contributed by atoms with Crippen LogP contribution in [0.5, 0.6) is 0 Å². The molecule has 0 spiro atoms. The Kier molecular flexibility index (Phi) is 6.01. The number of hydrogen-bond acceptors (Lipinski definition) is 5. The van der Waals surface area contributed by atoms with E-state index in [0.29, 0.717) is 5.69 Å². The van der Waals surface area contributed by atoms with Gasteiger partial charge in [0.05, 0.1) is 25.6 Å². The highest BCUT2D eigenvalue weighted by Gasteiger charge is 2.22. The van der Waals surface area contributed by atoms with Crippen molar-refractivity contribution in [3.63, 3.8) is 0 Å². The van der Waals surface area contributed by atoms with E-state index in [1.54, 1.807) is 6.07 Å². The molecule has 0 saturated carbocycles. The third-order valence-corrected chi connectivity index (χ3v) is 4.59. The zero-order chi connectivity index (χ0) is 18.4. The maximum atomic E-state index is 12.6. The Bertz CT molecular complexity index is 738. The number of nitrogens with one attached hydrogen (secondary N) is 2. The van der Waals surface area contributed by atoms with Gasteiger partial charge in [-0.25, -0.2) is 0 Å². The molecule has 0 aliphatic carbocycles. The Morgan fingerprint density at radius 3 is 2.85 bits per heavy atom. The minimum atomic E-state index is -0.461. The van der Waals surface area contributed by atoms with Crippen LogP contribution in [-0.2, 0) is 9.53 Å². The second-order valence-corrected chi connectivity index (χ2v) is 6.40. The molecule has 1 aromatic heterocycles. The van der Waals surface area contributed by atoms with Gasteiger partial charge in [0.25, 0.3) is 5.91 Å². The molecule has 2 atom stereocenters. The molecule has 3 rings (SSSR count). The Hall–Kier alpha value is -2.67. The summed E-state index contributed by atoms with van der Waals surface area (Å²) in [7, 11) is 1.34. The summed E-state index contributed by atoms with van der Waals surface area (Å²) in [5, 5.41) is 10.7. The second kappa shape index (κ2) is 8.62. The summed E-state index contributed by atoms with van der Waals surface area (Å²) in [6.07, 6.45) is 4.05. The van der Waals surface area contributed by atoms with Crippen molar-refractivity contribution in [3.05, 3.63) is 53.9 Å². The van der Waals surface area contributed by atoms with Gasteiger partial charge in [0, 0.05) is 12.7 Å². The molecule has 7 heteroatoms. The van der Waals surface area contributed by atoms with E-state index in [1.807, 2.05) is 41.2 Å². The van der Waals surface area contributed by atoms with E-state index in [4.69, 9.17) is 4.74 Å². The van der Waals surface area contributed by atoms with Crippen molar-refractivity contribution in [2.75, 3.05) is 20.2 Å². The number of piperidine rings is 1. The molecule has 2 heterocycles. The van der Waals surface area contributed by atoms with Gasteiger partial charge in [-0.05, 0) is 31.0 Å². The first-order valence-corrected chi connectivity index (χ1v) is 8.86. The Balaban J connectivity index is 1.71. The molecule has 0 radical (unpaired) electrons. The van der Waals surface area contributed by atoms with Crippen LogP contribution in [0.2, 0.25) is 0 Å². The predicted molar refractivity (Wildman–Crippen MR) is 96.6 cm³/mol. The van der Waals surface area contributed by atoms with Gasteiger partial charge >= 0.3 is 5.97 Å². The van der Waals surface area contributed by atoms with E-state index in [9.17, 15) is 9.59 Å². The molecule has 7 nitrogen and oxygen atoms in total. The van der Waals surface area contributed by atoms with Gasteiger partial charge in [0.2, 0.25) is 0 Å². The summed E-state index contributed by atoms with van der Waals surface area (Å²) in [4.78, 5) is 24.4. The van der Waals surface area contributed by atoms with Crippen LogP contribution in [0.15, 0.2) is 42.6 Å². The fraction of sp³-hybridized carbons (Fsp3) is 0.421. The number of methoxy groups -OCH3 is 1. The number of carbonyl (C=O) groups excluding carboxylic acids is 2. The SMILES string of the molecule is COC(=O)CC(NC(=O)c1ccn(C2CCCNC2)n1)c1ccccc1. The molecular weight excluding hydrogens is 332 g/mol. The summed E-state index contributed by atoms with van der Waals surface area (Å²) in [6.45, 7) is 1.88. The fourth-order valence-corrected chi connectivity index (χ4v) is 3.14. The van der Waals surface area contributed by atoms with Crippen LogP contribution in [0.3, 0.4) is 0 Å². The zero-order valence-corrected chi connectivity index (χ0v) is 14.9. The topological polar surface area (TPSA) is 85.2 Å². The molecule has 2 unspecified atom stereocenters. The molecule has 1 saturated heterocycles. The van der Waals surface area contributed by atoms with Crippen molar-refractivity contribution in [1.82, 2.24) is 20.4 Å². The lowest BCUT2D eigenvalue weighted by molar-refractivity contribution is -0.141. The summed E-state index contributed by atoms with van der Waals surface area (Å²) in [5.74, 6) is -0.678. The first kappa shape index (κ1) is 18.1. The molecule has 1 aliphatic rings. The van der Waals surface area contributed by atoms with Crippen molar-refractivity contribution >= 4 is 11.9 Å². The van der Waals surface area contributed by atoms with Crippen molar-refractivity contribution in [1.29, 1.82) is 0 Å². The number of amides is 1. The number of hydrogen-bond donors (Lipinski definition) is 2. The predicted octanol–water partition coefficient (Wildman–Crippen LogP) is 1.84. The third-order valence-electron chi connectivity index (χ3n) is 4.59. The summed E-state index contributed by atoms with van der Waals surface area (Å²) < 4.78 is 6.60. The summed E-state index contributed by atoms with van der Waals surface area (Å²) >= 11 is 0. The fourth-order valence-electron chi connectivity index (χ4n) is 3.14. The quantitative estimate of drug-likeness (QED) is 0.772. The average Bonchev–Trinajstić information content (AvgIpc) is 3.19. The molecule has 26 heavy (non-hydrogen) atoms. The molecule has 138 valence electrons. The van der Waals surface area contributed by atoms with Crippen LogP contribution < -0.4 is 10.6 Å². The molecular formula is C19H24N4O3. The van der Waals surface area contributed by atoms with Crippen LogP contribution >= 0.6 is 0 Å². The van der Waals surface area contributed by atoms with E-state index in [0.717, 1.165) is 31.5 Å². The Labute approximate surface area is 152 Å². The van der Waals surface area contributed by atoms with Crippen molar-refractivity contribution < 1.29 is 14.3 Å². The number of nitrogens with zero attached hydrogens (tertiary/aromatic N) is 2. The Morgan fingerprint density at radius 2 is 2.15 bits per heavy atom. The highest BCUT2D eigenvalue weighted by Crippen LogP contribution is 2.19. The van der Waals surface area contributed by atoms with Gasteiger partial charge in [0.1, 0.15) is 5.69 Å². The maximum Gasteiger partial charge on any atom is 0.307 e. The lowest BCUT2D eigenvalue weighted by Crippen LogP contribution is -2.33. The van der Waals surface area contributed by atoms with Gasteiger partial charge in [0.15, 0.2) is 0 Å². The molecule has 1 aromatic carbocycles. The lowest BCUT2D eigenvalue weighted by atomic mass is 10.0. The van der Waals surface area contributed by atoms with Crippen LogP contribution in [0, 0.1) is 0 Å². The third kappa shape index (κ3) is 4.49. The number of aromatic nitrogens is 2. The maximum absolute atomic E-state index is 12.6. The first-order chi connectivity index (χ1) is 12.7. The normalized spacial score (nSPS) is 18.1. The highest BCUT2D eigenvalue weighted by molar-refractivity contribution is 5.92. The van der Waals surface area contributed by atoms with Gasteiger partial charge < -0.3 is 15.4 Å². The molecule has 2 aromatic rings. The molecule has 1 aliphatic heterocycles. The number of rotatable bonds is 6. The van der Waals surface area contributed by atoms with Gasteiger partial charge in [-0.15, -0.1) is 0 Å². The largest absolute Gasteiger partial charge is 0.469 e. The van der Waals surface area contributed by atoms with Crippen molar-refractivity contribution in [2.45, 2.75) is 31.3 Å². The van der Waals surface area contributed by atoms with Crippen LogP contribution in [0.4, 0.5) is 0 Å². The summed E-state index contributed by atoms with van der Waals surface area (Å²) in [5.41, 5.74) is 1.20. The van der Waals surface area contributed by atoms with Crippen LogP contribution in [0.1, 0.15) is 47.4 Å². The number of ether oxygens (including phenoxy) is 1. The molecule has 0 bridgehead atoms. The molecule has 2 N–H and O–H groups in total. The standard InChI is InChI=1S/C19H24N4O3/c1-26-18(24)12-17(14-6-3-2-4-7-14)21-19(25)16-9-11-23(22-16)15-8-5-10-20-13-15/h2-4,6-7,9,11,15,17,20H,5,8,10,12-13H2,1H3,(H,21,25). The van der Waals surface area contributed by atoms with Gasteiger partial charge in [-0.3, -0.25) is 14.3 Å². The number of benzene rings is 1. The zero-order valence-electron chi connectivity index (χ0n) is 14.9. The van der Waals surface area contributed by atoms with Gasteiger partial charge in [-0.2, -0.15) is 5.10 Å². The summed E-state index contributed by atoms with van der Waals surface area (Å²) in [6, 6.07) is 10.9. The van der Waals surface area contributed by atoms with Crippen molar-refractivity contribution in [2.24, 2.45) is 0 Å². The first-order valence-electron chi connectivity index (χ1n) is 8.86. The van der Waals surface area contributed by atoms with E-state index < -0.39 is 6.04 Å². The van der Waals surface area contributed by atoms with E-state index >= 15 is 0 Å². The monoisotopic (exact) mass is 356 g/mol. The van der Waals surface area contributed by atoms with E-state index in [1.165, 1.54) is 7.11 Å². The van der Waals surface area contributed by atoms with Gasteiger partial charge in [-0.1, -0.05) is 30.3 Å². The van der Waals surface area contributed by atoms with Crippen LogP contribution in [0.25, 0.3) is 0 Å². The van der Waals surface area contributed by atoms with Crippen LogP contribution in [-0.4, -0.2) is 41.9 Å². The number of carbonyl (C=O) groups is 2. The highest BCUT2D eigenvalue weighted by atomic mass is 16.5. The minimum Gasteiger partial charge on any atom is -0.469 e. The van der Waals surface area contributed by atoms with Crippen molar-refractivity contribution in [3.8, 4) is 0 Å².